The number of hydrogen-bond acceptors (Lipinski definition) is 3. The van der Waals surface area contributed by atoms with Crippen molar-refractivity contribution in [2.75, 3.05) is 42.5 Å². The molecule has 1 heterocycles. The average molecular weight is 247 g/mol. The van der Waals surface area contributed by atoms with Crippen molar-refractivity contribution in [3.63, 3.8) is 0 Å². The molecule has 1 saturated heterocycles. The van der Waals surface area contributed by atoms with Gasteiger partial charge in [0.15, 0.2) is 0 Å². The molecule has 1 fully saturated rings. The number of benzene rings is 1. The summed E-state index contributed by atoms with van der Waals surface area (Å²) in [5.74, 6) is 0. The molecule has 0 saturated carbocycles. The van der Waals surface area contributed by atoms with Gasteiger partial charge in [-0.15, -0.1) is 0 Å². The lowest BCUT2D eigenvalue weighted by Gasteiger charge is -2.24. The van der Waals surface area contributed by atoms with Crippen molar-refractivity contribution in [2.24, 2.45) is 5.73 Å². The molecule has 1 aromatic carbocycles. The van der Waals surface area contributed by atoms with Gasteiger partial charge in [0.05, 0.1) is 0 Å². The molecule has 0 amide bonds. The van der Waals surface area contributed by atoms with E-state index in [1.54, 1.807) is 0 Å². The molecule has 1 aliphatic heterocycles. The lowest BCUT2D eigenvalue weighted by Crippen LogP contribution is -2.25. The van der Waals surface area contributed by atoms with Crippen molar-refractivity contribution in [1.82, 2.24) is 0 Å². The lowest BCUT2D eigenvalue weighted by molar-refractivity contribution is 0.754. The Hall–Kier alpha value is -1.22. The van der Waals surface area contributed by atoms with Crippen LogP contribution in [0, 0.1) is 0 Å². The van der Waals surface area contributed by atoms with Gasteiger partial charge in [-0.2, -0.15) is 0 Å². The Bertz CT molecular complexity index is 341. The highest BCUT2D eigenvalue weighted by atomic mass is 15.1. The lowest BCUT2D eigenvalue weighted by atomic mass is 10.2. The van der Waals surface area contributed by atoms with Gasteiger partial charge in [0.25, 0.3) is 0 Å². The molecule has 3 nitrogen and oxygen atoms in total. The summed E-state index contributed by atoms with van der Waals surface area (Å²) in [7, 11) is 0. The second kappa shape index (κ2) is 6.64. The molecule has 1 aromatic rings. The number of rotatable bonds is 6. The smallest absolute Gasteiger partial charge is 0.0367 e. The molecule has 18 heavy (non-hydrogen) atoms. The molecule has 100 valence electrons. The van der Waals surface area contributed by atoms with Gasteiger partial charge in [0.2, 0.25) is 0 Å². The minimum absolute atomic E-state index is 0.766. The SMILES string of the molecule is CCN(CCCN)c1ccc(N2CCCC2)cc1. The molecule has 3 heteroatoms. The van der Waals surface area contributed by atoms with E-state index in [1.165, 1.54) is 37.3 Å². The van der Waals surface area contributed by atoms with Crippen molar-refractivity contribution in [1.29, 1.82) is 0 Å². The van der Waals surface area contributed by atoms with Crippen LogP contribution in [0.1, 0.15) is 26.2 Å². The highest BCUT2D eigenvalue weighted by molar-refractivity contribution is 5.56. The largest absolute Gasteiger partial charge is 0.372 e. The fraction of sp³-hybridized carbons (Fsp3) is 0.600. The third-order valence-corrected chi connectivity index (χ3v) is 3.70. The van der Waals surface area contributed by atoms with E-state index in [-0.39, 0.29) is 0 Å². The fourth-order valence-corrected chi connectivity index (χ4v) is 2.60. The molecule has 0 aliphatic carbocycles. The molecule has 0 spiro atoms. The van der Waals surface area contributed by atoms with Gasteiger partial charge in [-0.25, -0.2) is 0 Å². The van der Waals surface area contributed by atoms with Gasteiger partial charge in [-0.05, 0) is 57.0 Å². The van der Waals surface area contributed by atoms with Gasteiger partial charge < -0.3 is 15.5 Å². The maximum atomic E-state index is 5.58. The van der Waals surface area contributed by atoms with E-state index in [9.17, 15) is 0 Å². The first-order valence-corrected chi connectivity index (χ1v) is 7.15. The van der Waals surface area contributed by atoms with Crippen molar-refractivity contribution < 1.29 is 0 Å². The average Bonchev–Trinajstić information content (AvgIpc) is 2.94. The number of nitrogens with zero attached hydrogens (tertiary/aromatic N) is 2. The molecule has 0 aromatic heterocycles. The first-order chi connectivity index (χ1) is 8.85. The normalized spacial score (nSPS) is 15.1. The predicted octanol–water partition coefficient (Wildman–Crippen LogP) is 2.46. The maximum absolute atomic E-state index is 5.58. The van der Waals surface area contributed by atoms with Gasteiger partial charge in [-0.3, -0.25) is 0 Å². The molecular formula is C15H25N3. The van der Waals surface area contributed by atoms with Crippen molar-refractivity contribution in [2.45, 2.75) is 26.2 Å². The Morgan fingerprint density at radius 2 is 1.83 bits per heavy atom. The molecule has 2 N–H and O–H groups in total. The Morgan fingerprint density at radius 3 is 2.39 bits per heavy atom. The summed E-state index contributed by atoms with van der Waals surface area (Å²) in [6, 6.07) is 9.00. The van der Waals surface area contributed by atoms with E-state index in [4.69, 9.17) is 5.73 Å². The summed E-state index contributed by atoms with van der Waals surface area (Å²) in [6.45, 7) is 7.49. The Kier molecular flexibility index (Phi) is 4.88. The van der Waals surface area contributed by atoms with Crippen LogP contribution in [0.15, 0.2) is 24.3 Å². The van der Waals surface area contributed by atoms with Crippen LogP contribution in [-0.2, 0) is 0 Å². The standard InChI is InChI=1S/C15H25N3/c1-2-17(13-5-10-16)14-6-8-15(9-7-14)18-11-3-4-12-18/h6-9H,2-5,10-13,16H2,1H3. The highest BCUT2D eigenvalue weighted by Gasteiger charge is 2.12. The van der Waals surface area contributed by atoms with E-state index in [0.29, 0.717) is 0 Å². The van der Waals surface area contributed by atoms with E-state index >= 15 is 0 Å². The number of hydrogen-bond donors (Lipinski definition) is 1. The second-order valence-corrected chi connectivity index (χ2v) is 4.93. The zero-order valence-electron chi connectivity index (χ0n) is 11.4. The summed E-state index contributed by atoms with van der Waals surface area (Å²) in [5.41, 5.74) is 8.26. The fourth-order valence-electron chi connectivity index (χ4n) is 2.60. The molecular weight excluding hydrogens is 222 g/mol. The van der Waals surface area contributed by atoms with Crippen LogP contribution in [0.3, 0.4) is 0 Å². The minimum Gasteiger partial charge on any atom is -0.372 e. The van der Waals surface area contributed by atoms with Crippen LogP contribution < -0.4 is 15.5 Å². The number of anilines is 2. The minimum atomic E-state index is 0.766. The zero-order chi connectivity index (χ0) is 12.8. The van der Waals surface area contributed by atoms with Gasteiger partial charge in [0, 0.05) is 37.6 Å². The van der Waals surface area contributed by atoms with E-state index in [0.717, 1.165) is 26.1 Å². The van der Waals surface area contributed by atoms with Gasteiger partial charge >= 0.3 is 0 Å². The van der Waals surface area contributed by atoms with Crippen molar-refractivity contribution >= 4 is 11.4 Å². The summed E-state index contributed by atoms with van der Waals surface area (Å²) in [6.07, 6.45) is 3.72. The van der Waals surface area contributed by atoms with Crippen LogP contribution >= 0.6 is 0 Å². The predicted molar refractivity (Wildman–Crippen MR) is 79.4 cm³/mol. The summed E-state index contributed by atoms with van der Waals surface area (Å²) >= 11 is 0. The van der Waals surface area contributed by atoms with E-state index < -0.39 is 0 Å². The second-order valence-electron chi connectivity index (χ2n) is 4.93. The van der Waals surface area contributed by atoms with Crippen molar-refractivity contribution in [3.8, 4) is 0 Å². The Morgan fingerprint density at radius 1 is 1.17 bits per heavy atom. The van der Waals surface area contributed by atoms with E-state index in [1.807, 2.05) is 0 Å². The van der Waals surface area contributed by atoms with Crippen LogP contribution in [0.5, 0.6) is 0 Å². The number of nitrogens with two attached hydrogens (primary N) is 1. The first-order valence-electron chi connectivity index (χ1n) is 7.15. The molecule has 0 radical (unpaired) electrons. The Balaban J connectivity index is 2.00. The third-order valence-electron chi connectivity index (χ3n) is 3.70. The quantitative estimate of drug-likeness (QED) is 0.838. The monoisotopic (exact) mass is 247 g/mol. The summed E-state index contributed by atoms with van der Waals surface area (Å²) < 4.78 is 0. The molecule has 0 atom stereocenters. The molecule has 1 aliphatic rings. The maximum Gasteiger partial charge on any atom is 0.0367 e. The van der Waals surface area contributed by atoms with Gasteiger partial charge in [-0.1, -0.05) is 0 Å². The zero-order valence-corrected chi connectivity index (χ0v) is 11.4. The van der Waals surface area contributed by atoms with E-state index in [2.05, 4.69) is 41.0 Å². The molecule has 2 rings (SSSR count). The van der Waals surface area contributed by atoms with Crippen LogP contribution in [0.4, 0.5) is 11.4 Å². The topological polar surface area (TPSA) is 32.5 Å². The summed E-state index contributed by atoms with van der Waals surface area (Å²) in [5, 5.41) is 0. The summed E-state index contributed by atoms with van der Waals surface area (Å²) in [4.78, 5) is 4.86. The first kappa shape index (κ1) is 13.2. The van der Waals surface area contributed by atoms with Crippen LogP contribution in [0.25, 0.3) is 0 Å². The van der Waals surface area contributed by atoms with Crippen LogP contribution in [0.2, 0.25) is 0 Å². The van der Waals surface area contributed by atoms with Gasteiger partial charge in [0.1, 0.15) is 0 Å². The molecule has 0 unspecified atom stereocenters. The highest BCUT2D eigenvalue weighted by Crippen LogP contribution is 2.23. The third kappa shape index (κ3) is 3.16. The molecule has 0 bridgehead atoms. The van der Waals surface area contributed by atoms with Crippen molar-refractivity contribution in [3.05, 3.63) is 24.3 Å². The Labute approximate surface area is 111 Å². The van der Waals surface area contributed by atoms with Crippen LogP contribution in [-0.4, -0.2) is 32.7 Å².